The summed E-state index contributed by atoms with van der Waals surface area (Å²) in [7, 11) is 0. The molecule has 6 heteroatoms. The summed E-state index contributed by atoms with van der Waals surface area (Å²) < 4.78 is 13.4. The van der Waals surface area contributed by atoms with E-state index in [0.29, 0.717) is 25.3 Å². The van der Waals surface area contributed by atoms with Crippen molar-refractivity contribution < 1.29 is 13.9 Å². The van der Waals surface area contributed by atoms with Crippen LogP contribution < -0.4 is 10.1 Å². The monoisotopic (exact) mass is 429 g/mol. The van der Waals surface area contributed by atoms with Gasteiger partial charge in [0.15, 0.2) is 0 Å². The average molecular weight is 430 g/mol. The van der Waals surface area contributed by atoms with E-state index in [1.807, 2.05) is 78.3 Å². The molecule has 1 N–H and O–H groups in total. The Labute approximate surface area is 187 Å². The molecule has 0 aliphatic carbocycles. The Morgan fingerprint density at radius 1 is 1.06 bits per heavy atom. The van der Waals surface area contributed by atoms with Crippen molar-refractivity contribution in [3.05, 3.63) is 95.6 Å². The first-order valence-electron chi connectivity index (χ1n) is 10.8. The van der Waals surface area contributed by atoms with Crippen molar-refractivity contribution in [3.63, 3.8) is 0 Å². The topological polar surface area (TPSA) is 69.3 Å². The minimum Gasteiger partial charge on any atom is -0.467 e. The third-order valence-corrected chi connectivity index (χ3v) is 5.23. The van der Waals surface area contributed by atoms with Crippen LogP contribution in [0.5, 0.6) is 11.6 Å². The molecule has 6 nitrogen and oxygen atoms in total. The van der Waals surface area contributed by atoms with Crippen molar-refractivity contribution in [2.45, 2.75) is 39.7 Å². The standard InChI is InChI=1S/C26H27N3O3/c1-3-24-23(15-16-25(30)27-18-22-10-7-17-31-22)26(32-21-13-11-19(2)12-14-21)29(28-24)20-8-5-4-6-9-20/h4-14,17H,3,15-16,18H2,1-2H3,(H,27,30). The highest BCUT2D eigenvalue weighted by molar-refractivity contribution is 5.76. The number of aryl methyl sites for hydroxylation is 2. The minimum atomic E-state index is -0.0443. The van der Waals surface area contributed by atoms with Gasteiger partial charge in [-0.25, -0.2) is 4.68 Å². The van der Waals surface area contributed by atoms with Gasteiger partial charge in [0.1, 0.15) is 11.5 Å². The maximum absolute atomic E-state index is 12.5. The molecule has 1 amide bonds. The van der Waals surface area contributed by atoms with E-state index >= 15 is 0 Å². The third-order valence-electron chi connectivity index (χ3n) is 5.23. The summed E-state index contributed by atoms with van der Waals surface area (Å²) in [5, 5.41) is 7.73. The molecule has 2 aromatic heterocycles. The number of furan rings is 1. The largest absolute Gasteiger partial charge is 0.467 e. The van der Waals surface area contributed by atoms with Gasteiger partial charge in [-0.15, -0.1) is 0 Å². The van der Waals surface area contributed by atoms with Gasteiger partial charge < -0.3 is 14.5 Å². The van der Waals surface area contributed by atoms with Crippen LogP contribution in [0.25, 0.3) is 5.69 Å². The van der Waals surface area contributed by atoms with Crippen molar-refractivity contribution >= 4 is 5.91 Å². The fourth-order valence-corrected chi connectivity index (χ4v) is 3.51. The van der Waals surface area contributed by atoms with E-state index in [4.69, 9.17) is 14.3 Å². The first-order chi connectivity index (χ1) is 15.6. The Morgan fingerprint density at radius 3 is 2.53 bits per heavy atom. The number of nitrogens with zero attached hydrogens (tertiary/aromatic N) is 2. The smallest absolute Gasteiger partial charge is 0.226 e. The van der Waals surface area contributed by atoms with Gasteiger partial charge in [-0.2, -0.15) is 5.10 Å². The molecular formula is C26H27N3O3. The highest BCUT2D eigenvalue weighted by Crippen LogP contribution is 2.32. The van der Waals surface area contributed by atoms with Crippen LogP contribution in [0.4, 0.5) is 0 Å². The number of rotatable bonds is 9. The summed E-state index contributed by atoms with van der Waals surface area (Å²) in [5.74, 6) is 2.07. The van der Waals surface area contributed by atoms with Gasteiger partial charge in [0.25, 0.3) is 0 Å². The molecule has 0 saturated carbocycles. The first-order valence-corrected chi connectivity index (χ1v) is 10.8. The molecule has 0 unspecified atom stereocenters. The van der Waals surface area contributed by atoms with Gasteiger partial charge in [0.05, 0.1) is 24.2 Å². The van der Waals surface area contributed by atoms with Gasteiger partial charge in [-0.05, 0) is 56.2 Å². The second-order valence-electron chi connectivity index (χ2n) is 7.60. The van der Waals surface area contributed by atoms with Crippen molar-refractivity contribution in [1.82, 2.24) is 15.1 Å². The van der Waals surface area contributed by atoms with E-state index in [0.717, 1.165) is 40.4 Å². The predicted octanol–water partition coefficient (Wildman–Crippen LogP) is 5.38. The summed E-state index contributed by atoms with van der Waals surface area (Å²) in [6.45, 7) is 4.48. The molecule has 2 heterocycles. The Morgan fingerprint density at radius 2 is 1.84 bits per heavy atom. The summed E-state index contributed by atoms with van der Waals surface area (Å²) in [4.78, 5) is 12.5. The zero-order valence-corrected chi connectivity index (χ0v) is 18.4. The molecule has 4 aromatic rings. The highest BCUT2D eigenvalue weighted by Gasteiger charge is 2.21. The molecule has 0 aliphatic rings. The number of amides is 1. The van der Waals surface area contributed by atoms with Crippen LogP contribution in [0.3, 0.4) is 0 Å². The van der Waals surface area contributed by atoms with Crippen LogP contribution in [0.15, 0.2) is 77.4 Å². The Bertz CT molecular complexity index is 1150. The Hall–Kier alpha value is -3.80. The minimum absolute atomic E-state index is 0.0443. The number of nitrogens with one attached hydrogen (secondary N) is 1. The van der Waals surface area contributed by atoms with Gasteiger partial charge in [-0.1, -0.05) is 42.8 Å². The number of para-hydroxylation sites is 1. The lowest BCUT2D eigenvalue weighted by Crippen LogP contribution is -2.22. The summed E-state index contributed by atoms with van der Waals surface area (Å²) in [6.07, 6.45) is 3.20. The number of carbonyl (C=O) groups excluding carboxylic acids is 1. The maximum Gasteiger partial charge on any atom is 0.226 e. The van der Waals surface area contributed by atoms with E-state index in [1.165, 1.54) is 0 Å². The number of benzene rings is 2. The number of hydrogen-bond acceptors (Lipinski definition) is 4. The van der Waals surface area contributed by atoms with Crippen LogP contribution in [-0.4, -0.2) is 15.7 Å². The van der Waals surface area contributed by atoms with E-state index < -0.39 is 0 Å². The fourth-order valence-electron chi connectivity index (χ4n) is 3.51. The first kappa shape index (κ1) is 21.4. The zero-order valence-electron chi connectivity index (χ0n) is 18.4. The predicted molar refractivity (Wildman–Crippen MR) is 123 cm³/mol. The summed E-state index contributed by atoms with van der Waals surface area (Å²) in [6, 6.07) is 21.5. The van der Waals surface area contributed by atoms with Gasteiger partial charge in [0, 0.05) is 12.0 Å². The second-order valence-corrected chi connectivity index (χ2v) is 7.60. The molecule has 0 bridgehead atoms. The lowest BCUT2D eigenvalue weighted by molar-refractivity contribution is -0.121. The van der Waals surface area contributed by atoms with Crippen molar-refractivity contribution in [2.24, 2.45) is 0 Å². The number of ether oxygens (including phenoxy) is 1. The second kappa shape index (κ2) is 10.0. The van der Waals surface area contributed by atoms with Crippen molar-refractivity contribution in [3.8, 4) is 17.3 Å². The van der Waals surface area contributed by atoms with Crippen LogP contribution >= 0.6 is 0 Å². The Kier molecular flexibility index (Phi) is 6.70. The molecule has 0 spiro atoms. The summed E-state index contributed by atoms with van der Waals surface area (Å²) >= 11 is 0. The van der Waals surface area contributed by atoms with E-state index in [9.17, 15) is 4.79 Å². The van der Waals surface area contributed by atoms with Crippen LogP contribution in [0.1, 0.15) is 35.9 Å². The van der Waals surface area contributed by atoms with Crippen molar-refractivity contribution in [1.29, 1.82) is 0 Å². The average Bonchev–Trinajstić information content (AvgIpc) is 3.46. The zero-order chi connectivity index (χ0) is 22.3. The van der Waals surface area contributed by atoms with Crippen LogP contribution in [-0.2, 0) is 24.2 Å². The number of aromatic nitrogens is 2. The number of carbonyl (C=O) groups is 1. The number of hydrogen-bond donors (Lipinski definition) is 1. The van der Waals surface area contributed by atoms with Gasteiger partial charge in [-0.3, -0.25) is 4.79 Å². The van der Waals surface area contributed by atoms with E-state index in [2.05, 4.69) is 12.2 Å². The van der Waals surface area contributed by atoms with Crippen LogP contribution in [0.2, 0.25) is 0 Å². The van der Waals surface area contributed by atoms with Gasteiger partial charge in [0.2, 0.25) is 11.8 Å². The normalized spacial score (nSPS) is 10.8. The molecule has 32 heavy (non-hydrogen) atoms. The lowest BCUT2D eigenvalue weighted by Gasteiger charge is -2.12. The molecule has 0 atom stereocenters. The quantitative estimate of drug-likeness (QED) is 0.388. The molecule has 0 saturated heterocycles. The Balaban J connectivity index is 1.59. The van der Waals surface area contributed by atoms with E-state index in [1.54, 1.807) is 6.26 Å². The molecular weight excluding hydrogens is 402 g/mol. The molecule has 0 aliphatic heterocycles. The molecule has 2 aromatic carbocycles. The molecule has 0 radical (unpaired) electrons. The lowest BCUT2D eigenvalue weighted by atomic mass is 10.1. The SMILES string of the molecule is CCc1nn(-c2ccccc2)c(Oc2ccc(C)cc2)c1CCC(=O)NCc1ccco1. The molecule has 4 rings (SSSR count). The maximum atomic E-state index is 12.5. The fraction of sp³-hybridized carbons (Fsp3) is 0.231. The molecule has 0 fully saturated rings. The third kappa shape index (κ3) is 5.09. The van der Waals surface area contributed by atoms with Gasteiger partial charge >= 0.3 is 0 Å². The van der Waals surface area contributed by atoms with E-state index in [-0.39, 0.29) is 5.91 Å². The van der Waals surface area contributed by atoms with Crippen LogP contribution in [0, 0.1) is 6.92 Å². The molecule has 164 valence electrons. The summed E-state index contributed by atoms with van der Waals surface area (Å²) in [5.41, 5.74) is 3.95. The highest BCUT2D eigenvalue weighted by atomic mass is 16.5. The van der Waals surface area contributed by atoms with Crippen molar-refractivity contribution in [2.75, 3.05) is 0 Å².